The molecule has 0 aliphatic carbocycles. The fourth-order valence-corrected chi connectivity index (χ4v) is 1.88. The minimum atomic E-state index is -0.612. The number of carbonyl (C=O) groups excluding carboxylic acids is 1. The van der Waals surface area contributed by atoms with Gasteiger partial charge in [0.15, 0.2) is 5.82 Å². The molecule has 0 spiro atoms. The lowest BCUT2D eigenvalue weighted by Gasteiger charge is -2.13. The fraction of sp³-hybridized carbons (Fsp3) is 0.0769. The molecule has 0 aliphatic heterocycles. The van der Waals surface area contributed by atoms with Crippen molar-refractivity contribution in [3.63, 3.8) is 0 Å². The normalized spacial score (nSPS) is 10.2. The molecule has 0 fully saturated rings. The van der Waals surface area contributed by atoms with Gasteiger partial charge in [0.25, 0.3) is 5.91 Å². The topological polar surface area (TPSA) is 94.0 Å². The molecule has 0 unspecified atom stereocenters. The van der Waals surface area contributed by atoms with Crippen molar-refractivity contribution in [1.29, 1.82) is 0 Å². The van der Waals surface area contributed by atoms with Gasteiger partial charge in [0.05, 0.1) is 16.4 Å². The molecule has 1 aromatic carbocycles. The van der Waals surface area contributed by atoms with Crippen molar-refractivity contribution in [2.75, 3.05) is 11.1 Å². The fourth-order valence-electron chi connectivity index (χ4n) is 1.62. The number of carbonyl (C=O) groups is 1. The molecule has 1 aromatic heterocycles. The first kappa shape index (κ1) is 13.2. The number of nitrogen functional groups attached to an aromatic ring is 1. The molecule has 0 bridgehead atoms. The Hall–Kier alpha value is -2.27. The van der Waals surface area contributed by atoms with E-state index < -0.39 is 5.91 Å². The van der Waals surface area contributed by atoms with Crippen molar-refractivity contribution < 1.29 is 4.79 Å². The lowest BCUT2D eigenvalue weighted by atomic mass is 10.2. The number of nitrogens with two attached hydrogens (primary N) is 2. The zero-order valence-corrected chi connectivity index (χ0v) is 11.0. The molecule has 0 radical (unpaired) electrons. The number of hydrogen-bond acceptors (Lipinski definition) is 4. The average molecular weight is 277 g/mol. The zero-order valence-electron chi connectivity index (χ0n) is 10.3. The number of pyridine rings is 1. The van der Waals surface area contributed by atoms with Gasteiger partial charge in [0.1, 0.15) is 5.69 Å². The number of anilines is 3. The van der Waals surface area contributed by atoms with Crippen LogP contribution in [0.3, 0.4) is 0 Å². The van der Waals surface area contributed by atoms with Gasteiger partial charge in [0.2, 0.25) is 0 Å². The van der Waals surface area contributed by atoms with Gasteiger partial charge in [0, 0.05) is 0 Å². The highest BCUT2D eigenvalue weighted by Crippen LogP contribution is 2.30. The van der Waals surface area contributed by atoms with Gasteiger partial charge in [-0.15, -0.1) is 0 Å². The summed E-state index contributed by atoms with van der Waals surface area (Å²) in [4.78, 5) is 15.2. The molecule has 2 aromatic rings. The highest BCUT2D eigenvalue weighted by Gasteiger charge is 2.10. The van der Waals surface area contributed by atoms with Crippen LogP contribution < -0.4 is 16.8 Å². The number of hydrogen-bond donors (Lipinski definition) is 3. The molecule has 5 nitrogen and oxygen atoms in total. The van der Waals surface area contributed by atoms with Gasteiger partial charge in [-0.05, 0) is 30.7 Å². The standard InChI is InChI=1S/C13H13ClN4O/c1-7-3-2-4-8(14)11(7)18-13-9(15)5-6-10(17-13)12(16)19/h2-6H,15H2,1H3,(H2,16,19)(H,17,18). The lowest BCUT2D eigenvalue weighted by molar-refractivity contribution is 0.0996. The lowest BCUT2D eigenvalue weighted by Crippen LogP contribution is -2.14. The quantitative estimate of drug-likeness (QED) is 0.803. The predicted octanol–water partition coefficient (Wildman–Crippen LogP) is 2.47. The van der Waals surface area contributed by atoms with E-state index in [0.29, 0.717) is 22.2 Å². The third-order valence-electron chi connectivity index (χ3n) is 2.64. The first-order chi connectivity index (χ1) is 8.99. The number of nitrogens with one attached hydrogen (secondary N) is 1. The number of rotatable bonds is 3. The third-order valence-corrected chi connectivity index (χ3v) is 2.96. The number of para-hydroxylation sites is 1. The minimum absolute atomic E-state index is 0.140. The Morgan fingerprint density at radius 3 is 2.68 bits per heavy atom. The van der Waals surface area contributed by atoms with E-state index in [9.17, 15) is 4.79 Å². The van der Waals surface area contributed by atoms with E-state index in [1.165, 1.54) is 6.07 Å². The van der Waals surface area contributed by atoms with Crippen LogP contribution in [0.5, 0.6) is 0 Å². The second kappa shape index (κ2) is 5.16. The summed E-state index contributed by atoms with van der Waals surface area (Å²) >= 11 is 6.11. The van der Waals surface area contributed by atoms with Crippen molar-refractivity contribution in [2.45, 2.75) is 6.92 Å². The summed E-state index contributed by atoms with van der Waals surface area (Å²) < 4.78 is 0. The Balaban J connectivity index is 2.43. The third kappa shape index (κ3) is 2.77. The van der Waals surface area contributed by atoms with Crippen molar-refractivity contribution in [3.8, 4) is 0 Å². The van der Waals surface area contributed by atoms with Crippen LogP contribution in [0.4, 0.5) is 17.2 Å². The summed E-state index contributed by atoms with van der Waals surface area (Å²) in [5, 5.41) is 3.58. The van der Waals surface area contributed by atoms with Gasteiger partial charge in [-0.25, -0.2) is 4.98 Å². The summed E-state index contributed by atoms with van der Waals surface area (Å²) in [6.45, 7) is 1.91. The Labute approximate surface area is 115 Å². The van der Waals surface area contributed by atoms with Crippen molar-refractivity contribution in [3.05, 3.63) is 46.6 Å². The summed E-state index contributed by atoms with van der Waals surface area (Å²) in [5.74, 6) is -0.258. The van der Waals surface area contributed by atoms with E-state index in [1.807, 2.05) is 19.1 Å². The summed E-state index contributed by atoms with van der Waals surface area (Å²) in [5.41, 5.74) is 13.2. The SMILES string of the molecule is Cc1cccc(Cl)c1Nc1nc(C(N)=O)ccc1N. The molecule has 0 saturated heterocycles. The average Bonchev–Trinajstić information content (AvgIpc) is 2.35. The summed E-state index contributed by atoms with van der Waals surface area (Å²) in [7, 11) is 0. The van der Waals surface area contributed by atoms with Crippen LogP contribution in [0.15, 0.2) is 30.3 Å². The van der Waals surface area contributed by atoms with Gasteiger partial charge in [-0.2, -0.15) is 0 Å². The molecule has 2 rings (SSSR count). The Kier molecular flexibility index (Phi) is 3.57. The molecule has 98 valence electrons. The first-order valence-corrected chi connectivity index (χ1v) is 5.95. The van der Waals surface area contributed by atoms with Crippen LogP contribution in [0.25, 0.3) is 0 Å². The van der Waals surface area contributed by atoms with Gasteiger partial charge in [-0.3, -0.25) is 4.79 Å². The molecule has 19 heavy (non-hydrogen) atoms. The number of halogens is 1. The van der Waals surface area contributed by atoms with Crippen molar-refractivity contribution in [2.24, 2.45) is 5.73 Å². The second-order valence-corrected chi connectivity index (χ2v) is 4.46. The van der Waals surface area contributed by atoms with Crippen molar-refractivity contribution >= 4 is 34.7 Å². The Bertz CT molecular complexity index is 622. The maximum absolute atomic E-state index is 11.1. The molecule has 0 aliphatic rings. The van der Waals surface area contributed by atoms with Crippen LogP contribution in [0.2, 0.25) is 5.02 Å². The molecule has 1 heterocycles. The predicted molar refractivity (Wildman–Crippen MR) is 76.6 cm³/mol. The van der Waals surface area contributed by atoms with Crippen LogP contribution >= 0.6 is 11.6 Å². The van der Waals surface area contributed by atoms with E-state index in [1.54, 1.807) is 12.1 Å². The maximum atomic E-state index is 11.1. The highest BCUT2D eigenvalue weighted by molar-refractivity contribution is 6.33. The molecular weight excluding hydrogens is 264 g/mol. The van der Waals surface area contributed by atoms with Gasteiger partial charge in [-0.1, -0.05) is 23.7 Å². The van der Waals surface area contributed by atoms with Gasteiger partial charge >= 0.3 is 0 Å². The number of aryl methyl sites for hydroxylation is 1. The molecular formula is C13H13ClN4O. The Morgan fingerprint density at radius 1 is 1.32 bits per heavy atom. The minimum Gasteiger partial charge on any atom is -0.396 e. The zero-order chi connectivity index (χ0) is 14.0. The summed E-state index contributed by atoms with van der Waals surface area (Å²) in [6, 6.07) is 8.55. The Morgan fingerprint density at radius 2 is 2.05 bits per heavy atom. The maximum Gasteiger partial charge on any atom is 0.267 e. The monoisotopic (exact) mass is 276 g/mol. The van der Waals surface area contributed by atoms with E-state index in [4.69, 9.17) is 23.1 Å². The largest absolute Gasteiger partial charge is 0.396 e. The van der Waals surface area contributed by atoms with E-state index >= 15 is 0 Å². The summed E-state index contributed by atoms with van der Waals surface area (Å²) in [6.07, 6.45) is 0. The number of primary amides is 1. The number of aromatic nitrogens is 1. The molecule has 5 N–H and O–H groups in total. The number of benzene rings is 1. The molecule has 6 heteroatoms. The van der Waals surface area contributed by atoms with Crippen LogP contribution in [0.1, 0.15) is 16.1 Å². The second-order valence-electron chi connectivity index (χ2n) is 4.06. The number of nitrogens with zero attached hydrogens (tertiary/aromatic N) is 1. The van der Waals surface area contributed by atoms with E-state index in [-0.39, 0.29) is 5.69 Å². The van der Waals surface area contributed by atoms with E-state index in [2.05, 4.69) is 10.3 Å². The van der Waals surface area contributed by atoms with Crippen LogP contribution in [-0.4, -0.2) is 10.9 Å². The molecule has 0 atom stereocenters. The molecule has 1 amide bonds. The number of amides is 1. The van der Waals surface area contributed by atoms with Crippen molar-refractivity contribution in [1.82, 2.24) is 4.98 Å². The van der Waals surface area contributed by atoms with Crippen LogP contribution in [0, 0.1) is 6.92 Å². The smallest absolute Gasteiger partial charge is 0.267 e. The molecule has 0 saturated carbocycles. The van der Waals surface area contributed by atoms with Crippen LogP contribution in [-0.2, 0) is 0 Å². The highest BCUT2D eigenvalue weighted by atomic mass is 35.5. The van der Waals surface area contributed by atoms with Gasteiger partial charge < -0.3 is 16.8 Å². The van der Waals surface area contributed by atoms with E-state index in [0.717, 1.165) is 5.56 Å². The first-order valence-electron chi connectivity index (χ1n) is 5.57.